The van der Waals surface area contributed by atoms with Gasteiger partial charge in [0.1, 0.15) is 24.0 Å². The summed E-state index contributed by atoms with van der Waals surface area (Å²) < 4.78 is 18.9. The smallest absolute Gasteiger partial charge is 0.259 e. The average Bonchev–Trinajstić information content (AvgIpc) is 2.78. The van der Waals surface area contributed by atoms with Gasteiger partial charge >= 0.3 is 0 Å². The third-order valence-electron chi connectivity index (χ3n) is 4.70. The SMILES string of the molecule is Cc1cc(=O)[nH]c(-c2cccc(NC(=O)c3ccccc3OCc3ccc(F)cc3)c2)n1. The van der Waals surface area contributed by atoms with Gasteiger partial charge in [0.15, 0.2) is 0 Å². The lowest BCUT2D eigenvalue weighted by Crippen LogP contribution is -2.14. The highest BCUT2D eigenvalue weighted by molar-refractivity contribution is 6.06. The van der Waals surface area contributed by atoms with Crippen LogP contribution in [0.2, 0.25) is 0 Å². The van der Waals surface area contributed by atoms with Crippen molar-refractivity contribution in [3.05, 3.63) is 112 Å². The van der Waals surface area contributed by atoms with Crippen molar-refractivity contribution in [3.63, 3.8) is 0 Å². The van der Waals surface area contributed by atoms with Crippen molar-refractivity contribution in [1.82, 2.24) is 9.97 Å². The van der Waals surface area contributed by atoms with Crippen molar-refractivity contribution in [2.45, 2.75) is 13.5 Å². The molecule has 0 aliphatic heterocycles. The fourth-order valence-electron chi connectivity index (χ4n) is 3.18. The second-order valence-electron chi connectivity index (χ2n) is 7.18. The van der Waals surface area contributed by atoms with Crippen LogP contribution in [0.5, 0.6) is 5.75 Å². The van der Waals surface area contributed by atoms with E-state index in [-0.39, 0.29) is 23.9 Å². The number of nitrogens with zero attached hydrogens (tertiary/aromatic N) is 1. The molecule has 2 N–H and O–H groups in total. The Morgan fingerprint density at radius 3 is 2.59 bits per heavy atom. The Labute approximate surface area is 183 Å². The molecule has 0 saturated carbocycles. The quantitative estimate of drug-likeness (QED) is 0.465. The number of hydrogen-bond donors (Lipinski definition) is 2. The summed E-state index contributed by atoms with van der Waals surface area (Å²) in [7, 11) is 0. The number of carbonyl (C=O) groups is 1. The van der Waals surface area contributed by atoms with Crippen molar-refractivity contribution < 1.29 is 13.9 Å². The second kappa shape index (κ2) is 9.26. The van der Waals surface area contributed by atoms with Crippen LogP contribution in [-0.2, 0) is 6.61 Å². The van der Waals surface area contributed by atoms with Gasteiger partial charge < -0.3 is 15.0 Å². The molecule has 7 heteroatoms. The van der Waals surface area contributed by atoms with Gasteiger partial charge in [-0.05, 0) is 48.9 Å². The number of carbonyl (C=O) groups excluding carboxylic acids is 1. The maximum Gasteiger partial charge on any atom is 0.259 e. The minimum Gasteiger partial charge on any atom is -0.488 e. The maximum atomic E-state index is 13.1. The molecule has 4 aromatic rings. The van der Waals surface area contributed by atoms with Crippen LogP contribution < -0.4 is 15.6 Å². The lowest BCUT2D eigenvalue weighted by molar-refractivity contribution is 0.102. The van der Waals surface area contributed by atoms with E-state index in [0.29, 0.717) is 34.1 Å². The van der Waals surface area contributed by atoms with Crippen molar-refractivity contribution in [2.75, 3.05) is 5.32 Å². The highest BCUT2D eigenvalue weighted by atomic mass is 19.1. The largest absolute Gasteiger partial charge is 0.488 e. The van der Waals surface area contributed by atoms with E-state index in [1.165, 1.54) is 18.2 Å². The topological polar surface area (TPSA) is 84.1 Å². The predicted octanol–water partition coefficient (Wildman–Crippen LogP) is 4.72. The molecule has 0 spiro atoms. The van der Waals surface area contributed by atoms with Gasteiger partial charge in [0, 0.05) is 23.0 Å². The Morgan fingerprint density at radius 2 is 1.81 bits per heavy atom. The van der Waals surface area contributed by atoms with E-state index in [0.717, 1.165) is 5.56 Å². The molecule has 0 aliphatic rings. The molecular weight excluding hydrogens is 409 g/mol. The summed E-state index contributed by atoms with van der Waals surface area (Å²) in [5.41, 5.74) is 2.73. The summed E-state index contributed by atoms with van der Waals surface area (Å²) >= 11 is 0. The molecular formula is C25H20FN3O3. The van der Waals surface area contributed by atoms with E-state index in [4.69, 9.17) is 4.74 Å². The lowest BCUT2D eigenvalue weighted by atomic mass is 10.1. The molecule has 6 nitrogen and oxygen atoms in total. The van der Waals surface area contributed by atoms with Crippen LogP contribution in [0.1, 0.15) is 21.6 Å². The van der Waals surface area contributed by atoms with Gasteiger partial charge in [0.05, 0.1) is 5.56 Å². The summed E-state index contributed by atoms with van der Waals surface area (Å²) in [4.78, 5) is 31.7. The van der Waals surface area contributed by atoms with Gasteiger partial charge in [-0.1, -0.05) is 36.4 Å². The molecule has 0 aliphatic carbocycles. The number of aromatic amines is 1. The Balaban J connectivity index is 1.52. The number of hydrogen-bond acceptors (Lipinski definition) is 4. The van der Waals surface area contributed by atoms with E-state index >= 15 is 0 Å². The van der Waals surface area contributed by atoms with Crippen LogP contribution in [0.25, 0.3) is 11.4 Å². The number of anilines is 1. The van der Waals surface area contributed by atoms with Crippen LogP contribution in [0, 0.1) is 12.7 Å². The van der Waals surface area contributed by atoms with Gasteiger partial charge in [0.25, 0.3) is 11.5 Å². The van der Waals surface area contributed by atoms with Gasteiger partial charge in [-0.25, -0.2) is 9.37 Å². The van der Waals surface area contributed by atoms with Crippen LogP contribution in [0.3, 0.4) is 0 Å². The van der Waals surface area contributed by atoms with Gasteiger partial charge in [-0.3, -0.25) is 9.59 Å². The maximum absolute atomic E-state index is 13.1. The number of rotatable bonds is 6. The molecule has 0 saturated heterocycles. The Bertz CT molecular complexity index is 1320. The molecule has 3 aromatic carbocycles. The zero-order valence-corrected chi connectivity index (χ0v) is 17.3. The first-order valence-electron chi connectivity index (χ1n) is 9.94. The fraction of sp³-hybridized carbons (Fsp3) is 0.0800. The molecule has 4 rings (SSSR count). The number of amides is 1. The first kappa shape index (κ1) is 21.0. The van der Waals surface area contributed by atoms with E-state index in [9.17, 15) is 14.0 Å². The van der Waals surface area contributed by atoms with Gasteiger partial charge in [-0.15, -0.1) is 0 Å². The van der Waals surface area contributed by atoms with Crippen LogP contribution in [0.15, 0.2) is 83.7 Å². The number of H-pyrrole nitrogens is 1. The molecule has 1 aromatic heterocycles. The lowest BCUT2D eigenvalue weighted by Gasteiger charge is -2.12. The van der Waals surface area contributed by atoms with Crippen LogP contribution in [-0.4, -0.2) is 15.9 Å². The number of nitrogens with one attached hydrogen (secondary N) is 2. The Kier molecular flexibility index (Phi) is 6.07. The molecule has 0 fully saturated rings. The number of aromatic nitrogens is 2. The van der Waals surface area contributed by atoms with Gasteiger partial charge in [0.2, 0.25) is 0 Å². The fourth-order valence-corrected chi connectivity index (χ4v) is 3.18. The third kappa shape index (κ3) is 5.07. The number of ether oxygens (including phenoxy) is 1. The first-order valence-corrected chi connectivity index (χ1v) is 9.94. The monoisotopic (exact) mass is 429 g/mol. The summed E-state index contributed by atoms with van der Waals surface area (Å²) in [6.45, 7) is 1.94. The summed E-state index contributed by atoms with van der Waals surface area (Å²) in [5, 5.41) is 2.86. The normalized spacial score (nSPS) is 10.6. The minimum atomic E-state index is -0.345. The number of halogens is 1. The predicted molar refractivity (Wildman–Crippen MR) is 120 cm³/mol. The molecule has 1 amide bonds. The molecule has 1 heterocycles. The van der Waals surface area contributed by atoms with Crippen molar-refractivity contribution >= 4 is 11.6 Å². The molecule has 0 atom stereocenters. The molecule has 0 bridgehead atoms. The molecule has 32 heavy (non-hydrogen) atoms. The Morgan fingerprint density at radius 1 is 1.03 bits per heavy atom. The van der Waals surface area contributed by atoms with E-state index < -0.39 is 0 Å². The highest BCUT2D eigenvalue weighted by Crippen LogP contribution is 2.23. The number of para-hydroxylation sites is 1. The Hall–Kier alpha value is -4.26. The minimum absolute atomic E-state index is 0.201. The molecule has 0 unspecified atom stereocenters. The van der Waals surface area contributed by atoms with Crippen molar-refractivity contribution in [2.24, 2.45) is 0 Å². The van der Waals surface area contributed by atoms with E-state index in [1.54, 1.807) is 67.6 Å². The summed E-state index contributed by atoms with van der Waals surface area (Å²) in [6.07, 6.45) is 0. The van der Waals surface area contributed by atoms with Crippen molar-refractivity contribution in [3.8, 4) is 17.1 Å². The molecule has 0 radical (unpaired) electrons. The summed E-state index contributed by atoms with van der Waals surface area (Å²) in [5.74, 6) is 0.174. The summed E-state index contributed by atoms with van der Waals surface area (Å²) in [6, 6.07) is 21.3. The standard InChI is InChI=1S/C25H20FN3O3/c1-16-13-23(30)29-24(27-16)18-5-4-6-20(14-18)28-25(31)21-7-2-3-8-22(21)32-15-17-9-11-19(26)12-10-17/h2-14H,15H2,1H3,(H,28,31)(H,27,29,30). The number of benzene rings is 3. The van der Waals surface area contributed by atoms with Crippen LogP contribution in [0.4, 0.5) is 10.1 Å². The number of aryl methyl sites for hydroxylation is 1. The van der Waals surface area contributed by atoms with E-state index in [2.05, 4.69) is 15.3 Å². The van der Waals surface area contributed by atoms with Gasteiger partial charge in [-0.2, -0.15) is 0 Å². The zero-order chi connectivity index (χ0) is 22.5. The third-order valence-corrected chi connectivity index (χ3v) is 4.70. The second-order valence-corrected chi connectivity index (χ2v) is 7.18. The van der Waals surface area contributed by atoms with Crippen LogP contribution >= 0.6 is 0 Å². The zero-order valence-electron chi connectivity index (χ0n) is 17.3. The first-order chi connectivity index (χ1) is 15.5. The van der Waals surface area contributed by atoms with Crippen molar-refractivity contribution in [1.29, 1.82) is 0 Å². The van der Waals surface area contributed by atoms with E-state index in [1.807, 2.05) is 0 Å². The highest BCUT2D eigenvalue weighted by Gasteiger charge is 2.13. The molecule has 160 valence electrons. The average molecular weight is 429 g/mol.